The molecule has 0 aromatic heterocycles. The second-order valence-electron chi connectivity index (χ2n) is 17.6. The lowest BCUT2D eigenvalue weighted by atomic mass is 9.34. The van der Waals surface area contributed by atoms with Crippen LogP contribution < -0.4 is 26.2 Å². The van der Waals surface area contributed by atoms with Crippen LogP contribution in [0.4, 0.5) is 34.1 Å². The molecule has 0 radical (unpaired) electrons. The van der Waals surface area contributed by atoms with Crippen LogP contribution in [-0.4, -0.2) is 6.71 Å². The topological polar surface area (TPSA) is 6.48 Å². The normalized spacial score (nSPS) is 12.7. The van der Waals surface area contributed by atoms with Crippen LogP contribution in [0, 0.1) is 62.3 Å². The number of para-hydroxylation sites is 2. The van der Waals surface area contributed by atoms with Crippen LogP contribution in [0.2, 0.25) is 0 Å². The Morgan fingerprint density at radius 3 is 1.37 bits per heavy atom. The maximum absolute atomic E-state index is 2.54. The van der Waals surface area contributed by atoms with Crippen molar-refractivity contribution in [3.8, 4) is 11.1 Å². The summed E-state index contributed by atoms with van der Waals surface area (Å²) in [7, 11) is 0. The third kappa shape index (κ3) is 6.96. The fraction of sp³-hybridized carbons (Fsp3) is 0.158. The summed E-state index contributed by atoms with van der Waals surface area (Å²) in [5.74, 6) is 0. The lowest BCUT2D eigenvalue weighted by molar-refractivity contribution is 1.13. The van der Waals surface area contributed by atoms with Crippen molar-refractivity contribution >= 4 is 80.7 Å². The summed E-state index contributed by atoms with van der Waals surface area (Å²) in [5, 5.41) is 0. The number of benzene rings is 8. The van der Waals surface area contributed by atoms with Crippen LogP contribution in [-0.2, 0) is 0 Å². The Morgan fingerprint density at radius 2 is 0.806 bits per heavy atom. The third-order valence-corrected chi connectivity index (χ3v) is 15.0. The highest BCUT2D eigenvalue weighted by atomic mass is 32.2. The fourth-order valence-corrected chi connectivity index (χ4v) is 12.7. The number of rotatable bonds is 6. The molecule has 62 heavy (non-hydrogen) atoms. The summed E-state index contributed by atoms with van der Waals surface area (Å²) in [6.45, 7) is 20.5. The first-order valence-corrected chi connectivity index (χ1v) is 23.3. The highest BCUT2D eigenvalue weighted by molar-refractivity contribution is 8.00. The van der Waals surface area contributed by atoms with Crippen molar-refractivity contribution in [2.75, 3.05) is 9.80 Å². The SMILES string of the molecule is Cc1cc(C)c(B(c2ccc3c(c2)Sc2cc(-c4cccc(N5c6ccccc6Sc6ccccc65)c4)ccc2N3c2c(C)cc(C)cc2C)c2c(C)cc(C)cc2C)c(C)c1. The van der Waals surface area contributed by atoms with Gasteiger partial charge >= 0.3 is 0 Å². The highest BCUT2D eigenvalue weighted by Gasteiger charge is 2.33. The van der Waals surface area contributed by atoms with Crippen LogP contribution in [0.3, 0.4) is 0 Å². The molecule has 2 heterocycles. The van der Waals surface area contributed by atoms with E-state index in [1.807, 2.05) is 23.5 Å². The monoisotopic (exact) mass is 838 g/mol. The van der Waals surface area contributed by atoms with Gasteiger partial charge in [0.05, 0.1) is 28.4 Å². The van der Waals surface area contributed by atoms with Gasteiger partial charge in [0.1, 0.15) is 0 Å². The Hall–Kier alpha value is -5.88. The Morgan fingerprint density at radius 1 is 0.355 bits per heavy atom. The molecule has 0 fully saturated rings. The van der Waals surface area contributed by atoms with E-state index in [0.717, 1.165) is 5.69 Å². The van der Waals surface area contributed by atoms with E-state index in [0.29, 0.717) is 0 Å². The van der Waals surface area contributed by atoms with E-state index in [1.54, 1.807) is 0 Å². The molecule has 2 aliphatic rings. The molecule has 8 aromatic rings. The molecule has 0 unspecified atom stereocenters. The van der Waals surface area contributed by atoms with Crippen molar-refractivity contribution in [3.63, 3.8) is 0 Å². The van der Waals surface area contributed by atoms with Crippen molar-refractivity contribution in [1.82, 2.24) is 0 Å². The molecule has 0 spiro atoms. The molecule has 2 nitrogen and oxygen atoms in total. The molecule has 8 aromatic carbocycles. The van der Waals surface area contributed by atoms with Gasteiger partial charge in [-0.2, -0.15) is 0 Å². The zero-order chi connectivity index (χ0) is 43.0. The molecular formula is C57H51BN2S2. The predicted octanol–water partition coefficient (Wildman–Crippen LogP) is 14.5. The van der Waals surface area contributed by atoms with E-state index in [-0.39, 0.29) is 6.71 Å². The van der Waals surface area contributed by atoms with E-state index < -0.39 is 0 Å². The van der Waals surface area contributed by atoms with Gasteiger partial charge in [-0.3, -0.25) is 0 Å². The van der Waals surface area contributed by atoms with E-state index in [2.05, 4.69) is 218 Å². The summed E-state index contributed by atoms with van der Waals surface area (Å²) in [4.78, 5) is 10.0. The van der Waals surface area contributed by atoms with E-state index in [9.17, 15) is 0 Å². The van der Waals surface area contributed by atoms with Gasteiger partial charge in [0.15, 0.2) is 0 Å². The highest BCUT2D eigenvalue weighted by Crippen LogP contribution is 2.54. The lowest BCUT2D eigenvalue weighted by Crippen LogP contribution is -2.56. The van der Waals surface area contributed by atoms with Crippen molar-refractivity contribution in [2.24, 2.45) is 0 Å². The minimum Gasteiger partial charge on any atom is -0.308 e. The Kier molecular flexibility index (Phi) is 10.2. The zero-order valence-electron chi connectivity index (χ0n) is 37.1. The number of fused-ring (bicyclic) bond motifs is 4. The molecule has 0 saturated carbocycles. The van der Waals surface area contributed by atoms with Gasteiger partial charge in [0.25, 0.3) is 0 Å². The molecule has 5 heteroatoms. The molecule has 0 atom stereocenters. The van der Waals surface area contributed by atoms with Gasteiger partial charge in [-0.1, -0.05) is 170 Å². The molecule has 2 aliphatic heterocycles. The van der Waals surface area contributed by atoms with Crippen molar-refractivity contribution in [1.29, 1.82) is 0 Å². The molecule has 0 N–H and O–H groups in total. The van der Waals surface area contributed by atoms with Crippen LogP contribution in [0.5, 0.6) is 0 Å². The summed E-state index contributed by atoms with van der Waals surface area (Å²) in [6, 6.07) is 55.1. The number of hydrogen-bond donors (Lipinski definition) is 0. The number of nitrogens with zero attached hydrogens (tertiary/aromatic N) is 2. The first-order valence-electron chi connectivity index (χ1n) is 21.7. The van der Waals surface area contributed by atoms with Crippen molar-refractivity contribution in [3.05, 3.63) is 196 Å². The first kappa shape index (κ1) is 40.2. The molecule has 304 valence electrons. The second kappa shape index (κ2) is 15.8. The molecular weight excluding hydrogens is 788 g/mol. The van der Waals surface area contributed by atoms with Gasteiger partial charge in [0, 0.05) is 25.3 Å². The number of hydrogen-bond acceptors (Lipinski definition) is 4. The van der Waals surface area contributed by atoms with Crippen LogP contribution >= 0.6 is 23.5 Å². The minimum absolute atomic E-state index is 0.0947. The zero-order valence-corrected chi connectivity index (χ0v) is 38.8. The van der Waals surface area contributed by atoms with Gasteiger partial charge in [-0.05, 0) is 139 Å². The molecule has 0 amide bonds. The largest absolute Gasteiger partial charge is 0.308 e. The fourth-order valence-electron chi connectivity index (χ4n) is 10.5. The maximum atomic E-state index is 2.54. The summed E-state index contributed by atoms with van der Waals surface area (Å²) in [6.07, 6.45) is 0. The van der Waals surface area contributed by atoms with Gasteiger partial charge in [-0.25, -0.2) is 0 Å². The summed E-state index contributed by atoms with van der Waals surface area (Å²) >= 11 is 3.75. The summed E-state index contributed by atoms with van der Waals surface area (Å²) < 4.78 is 0. The molecule has 0 bridgehead atoms. The summed E-state index contributed by atoms with van der Waals surface area (Å²) in [5.41, 5.74) is 25.7. The molecule has 0 saturated heterocycles. The van der Waals surface area contributed by atoms with E-state index in [4.69, 9.17) is 0 Å². The lowest BCUT2D eigenvalue weighted by Gasteiger charge is -2.36. The van der Waals surface area contributed by atoms with Gasteiger partial charge in [-0.15, -0.1) is 0 Å². The van der Waals surface area contributed by atoms with Gasteiger partial charge < -0.3 is 9.80 Å². The predicted molar refractivity (Wildman–Crippen MR) is 270 cm³/mol. The first-order chi connectivity index (χ1) is 29.9. The quantitative estimate of drug-likeness (QED) is 0.154. The maximum Gasteiger partial charge on any atom is 0.242 e. The van der Waals surface area contributed by atoms with Crippen LogP contribution in [0.15, 0.2) is 165 Å². The van der Waals surface area contributed by atoms with E-state index >= 15 is 0 Å². The number of aryl methyl sites for hydroxylation is 9. The Bertz CT molecular complexity index is 2940. The second-order valence-corrected chi connectivity index (χ2v) is 19.7. The van der Waals surface area contributed by atoms with Gasteiger partial charge in [0.2, 0.25) is 6.71 Å². The third-order valence-electron chi connectivity index (χ3n) is 12.8. The number of anilines is 6. The van der Waals surface area contributed by atoms with Crippen molar-refractivity contribution < 1.29 is 0 Å². The Balaban J connectivity index is 1.13. The Labute approximate surface area is 377 Å². The smallest absolute Gasteiger partial charge is 0.242 e. The average Bonchev–Trinajstić information content (AvgIpc) is 3.23. The van der Waals surface area contributed by atoms with E-state index in [1.165, 1.54) is 126 Å². The van der Waals surface area contributed by atoms with Crippen molar-refractivity contribution in [2.45, 2.75) is 81.9 Å². The van der Waals surface area contributed by atoms with Crippen LogP contribution in [0.1, 0.15) is 50.1 Å². The minimum atomic E-state index is 0.0947. The van der Waals surface area contributed by atoms with Crippen LogP contribution in [0.25, 0.3) is 11.1 Å². The molecule has 10 rings (SSSR count). The standard InChI is InChI=1S/C57H51BN2S2/c1-34-25-37(4)55(38(5)26-34)58(56-39(6)27-35(2)28-40(56)7)45-22-24-50-54(33-45)62-53-32-44(21-23-49(53)60(50)57-41(8)29-36(3)30-42(57)9)43-15-14-16-46(31-43)59-47-17-10-12-19-51(47)61-52-20-13-11-18-48(52)59/h10-33H,1-9H3. The molecule has 0 aliphatic carbocycles. The average molecular weight is 839 g/mol.